The number of nitrogens with zero attached hydrogens (tertiary/aromatic N) is 1. The lowest BCUT2D eigenvalue weighted by molar-refractivity contribution is -0.143. The zero-order chi connectivity index (χ0) is 22.9. The van der Waals surface area contributed by atoms with Gasteiger partial charge in [0.15, 0.2) is 23.0 Å². The molecule has 0 bridgehead atoms. The maximum atomic E-state index is 12.6. The van der Waals surface area contributed by atoms with Crippen LogP contribution in [0.25, 0.3) is 0 Å². The Labute approximate surface area is 191 Å². The maximum Gasteiger partial charge on any atom is 0.309 e. The van der Waals surface area contributed by atoms with Gasteiger partial charge in [0.2, 0.25) is 19.5 Å². The summed E-state index contributed by atoms with van der Waals surface area (Å²) in [7, 11) is 0. The van der Waals surface area contributed by atoms with Crippen LogP contribution in [0, 0.1) is 5.92 Å². The molecule has 1 saturated heterocycles. The van der Waals surface area contributed by atoms with Crippen LogP contribution in [0.15, 0.2) is 36.4 Å². The van der Waals surface area contributed by atoms with Gasteiger partial charge in [0.05, 0.1) is 12.5 Å². The van der Waals surface area contributed by atoms with Gasteiger partial charge in [0, 0.05) is 25.0 Å². The Morgan fingerprint density at radius 2 is 1.58 bits per heavy atom. The molecule has 174 valence electrons. The molecule has 3 aliphatic heterocycles. The lowest BCUT2D eigenvalue weighted by Gasteiger charge is -2.27. The molecule has 0 aromatic heterocycles. The van der Waals surface area contributed by atoms with Crippen LogP contribution in [0.2, 0.25) is 0 Å². The molecule has 0 saturated carbocycles. The summed E-state index contributed by atoms with van der Waals surface area (Å²) in [6, 6.07) is 10.5. The smallest absolute Gasteiger partial charge is 0.309 e. The Morgan fingerprint density at radius 3 is 2.21 bits per heavy atom. The number of hydrogen-bond acceptors (Lipinski definition) is 7. The molecule has 1 fully saturated rings. The first kappa shape index (κ1) is 21.4. The molecular weight excluding hydrogens is 428 g/mol. The van der Waals surface area contributed by atoms with Gasteiger partial charge in [-0.25, -0.2) is 0 Å². The number of amides is 1. The van der Waals surface area contributed by atoms with E-state index in [-0.39, 0.29) is 32.0 Å². The van der Waals surface area contributed by atoms with Crippen molar-refractivity contribution in [3.05, 3.63) is 47.5 Å². The summed E-state index contributed by atoms with van der Waals surface area (Å²) < 4.78 is 21.9. The van der Waals surface area contributed by atoms with Crippen LogP contribution in [-0.2, 0) is 9.59 Å². The molecule has 1 amide bonds. The second-order valence-corrected chi connectivity index (χ2v) is 8.42. The molecule has 0 radical (unpaired) electrons. The summed E-state index contributed by atoms with van der Waals surface area (Å²) in [5, 5.41) is 13.2. The Balaban J connectivity index is 1.51. The molecule has 0 spiro atoms. The highest BCUT2D eigenvalue weighted by Crippen LogP contribution is 2.49. The largest absolute Gasteiger partial charge is 0.481 e. The minimum atomic E-state index is -0.920. The van der Waals surface area contributed by atoms with E-state index in [1.54, 1.807) is 6.07 Å². The predicted molar refractivity (Wildman–Crippen MR) is 117 cm³/mol. The number of carboxylic acid groups (broad SMARTS) is 1. The number of aliphatic carboxylic acids is 1. The third-order valence-corrected chi connectivity index (χ3v) is 6.37. The van der Waals surface area contributed by atoms with Gasteiger partial charge < -0.3 is 29.4 Å². The van der Waals surface area contributed by atoms with Gasteiger partial charge in [-0.2, -0.15) is 0 Å². The third-order valence-electron chi connectivity index (χ3n) is 6.37. The second-order valence-electron chi connectivity index (χ2n) is 8.42. The molecule has 3 aliphatic rings. The molecule has 0 aliphatic carbocycles. The monoisotopic (exact) mass is 454 g/mol. The number of carbonyl (C=O) groups excluding carboxylic acids is 1. The predicted octanol–water partition coefficient (Wildman–Crippen LogP) is 2.51. The third kappa shape index (κ3) is 4.04. The van der Waals surface area contributed by atoms with E-state index in [0.29, 0.717) is 36.1 Å². The lowest BCUT2D eigenvalue weighted by Crippen LogP contribution is -2.38. The van der Waals surface area contributed by atoms with Gasteiger partial charge in [-0.3, -0.25) is 14.5 Å². The number of likely N-dealkylation sites (tertiary alicyclic amines) is 1. The summed E-state index contributed by atoms with van der Waals surface area (Å²) >= 11 is 0. The first-order chi connectivity index (χ1) is 16.0. The van der Waals surface area contributed by atoms with E-state index in [2.05, 4.69) is 5.32 Å². The molecule has 2 aromatic rings. The molecular formula is C24H26N2O7. The Kier molecular flexibility index (Phi) is 5.72. The van der Waals surface area contributed by atoms with Crippen LogP contribution in [0.3, 0.4) is 0 Å². The van der Waals surface area contributed by atoms with Crippen LogP contribution >= 0.6 is 0 Å². The van der Waals surface area contributed by atoms with Crippen molar-refractivity contribution in [3.8, 4) is 23.0 Å². The summed E-state index contributed by atoms with van der Waals surface area (Å²) in [5.41, 5.74) is 1.62. The fourth-order valence-corrected chi connectivity index (χ4v) is 4.87. The van der Waals surface area contributed by atoms with Crippen molar-refractivity contribution in [1.29, 1.82) is 0 Å². The molecule has 9 nitrogen and oxygen atoms in total. The highest BCUT2D eigenvalue weighted by atomic mass is 16.7. The molecule has 3 atom stereocenters. The number of hydrogen-bond donors (Lipinski definition) is 2. The van der Waals surface area contributed by atoms with Crippen molar-refractivity contribution in [2.75, 3.05) is 33.2 Å². The van der Waals surface area contributed by atoms with Gasteiger partial charge in [-0.15, -0.1) is 0 Å². The fourth-order valence-electron chi connectivity index (χ4n) is 4.87. The van der Waals surface area contributed by atoms with Crippen molar-refractivity contribution < 1.29 is 33.6 Å². The summed E-state index contributed by atoms with van der Waals surface area (Å²) in [5.74, 6) is 0.301. The zero-order valence-electron chi connectivity index (χ0n) is 18.3. The van der Waals surface area contributed by atoms with E-state index in [0.717, 1.165) is 17.5 Å². The summed E-state index contributed by atoms with van der Waals surface area (Å²) in [4.78, 5) is 27.2. The zero-order valence-corrected chi connectivity index (χ0v) is 18.3. The molecule has 2 aromatic carbocycles. The SMILES string of the molecule is CCCNC(=O)CN1C[C@H](c2ccc3c(c2)OCO3)[C@H](C(=O)O)[C@H]1c1ccc2c(c1)OCO2. The average Bonchev–Trinajstić information content (AvgIpc) is 3.54. The topological polar surface area (TPSA) is 107 Å². The number of rotatable bonds is 7. The minimum Gasteiger partial charge on any atom is -0.481 e. The molecule has 2 N–H and O–H groups in total. The van der Waals surface area contributed by atoms with Crippen molar-refractivity contribution in [2.45, 2.75) is 25.3 Å². The lowest BCUT2D eigenvalue weighted by atomic mass is 9.82. The molecule has 3 heterocycles. The number of fused-ring (bicyclic) bond motifs is 2. The van der Waals surface area contributed by atoms with Gasteiger partial charge in [-0.1, -0.05) is 19.1 Å². The van der Waals surface area contributed by atoms with Gasteiger partial charge in [0.25, 0.3) is 0 Å². The quantitative estimate of drug-likeness (QED) is 0.657. The molecule has 33 heavy (non-hydrogen) atoms. The molecule has 5 rings (SSSR count). The van der Waals surface area contributed by atoms with E-state index in [4.69, 9.17) is 18.9 Å². The highest BCUT2D eigenvalue weighted by molar-refractivity contribution is 5.79. The van der Waals surface area contributed by atoms with Crippen molar-refractivity contribution >= 4 is 11.9 Å². The first-order valence-corrected chi connectivity index (χ1v) is 11.1. The summed E-state index contributed by atoms with van der Waals surface area (Å²) in [6.45, 7) is 3.36. The Bertz CT molecular complexity index is 1070. The highest BCUT2D eigenvalue weighted by Gasteiger charge is 2.48. The van der Waals surface area contributed by atoms with E-state index < -0.39 is 17.9 Å². The minimum absolute atomic E-state index is 0.101. The van der Waals surface area contributed by atoms with Crippen molar-refractivity contribution in [2.24, 2.45) is 5.92 Å². The van der Waals surface area contributed by atoms with E-state index in [1.807, 2.05) is 42.2 Å². The first-order valence-electron chi connectivity index (χ1n) is 11.1. The van der Waals surface area contributed by atoms with Crippen LogP contribution in [0.1, 0.15) is 36.4 Å². The second kappa shape index (κ2) is 8.82. The van der Waals surface area contributed by atoms with E-state index in [9.17, 15) is 14.7 Å². The van der Waals surface area contributed by atoms with Gasteiger partial charge >= 0.3 is 5.97 Å². The number of carboxylic acids is 1. The van der Waals surface area contributed by atoms with Crippen LogP contribution in [0.5, 0.6) is 23.0 Å². The molecule has 9 heteroatoms. The normalized spacial score (nSPS) is 23.0. The Hall–Kier alpha value is -3.46. The van der Waals surface area contributed by atoms with Crippen LogP contribution < -0.4 is 24.3 Å². The summed E-state index contributed by atoms with van der Waals surface area (Å²) in [6.07, 6.45) is 0.828. The maximum absolute atomic E-state index is 12.6. The number of carbonyl (C=O) groups is 2. The van der Waals surface area contributed by atoms with Gasteiger partial charge in [-0.05, 0) is 41.8 Å². The number of benzene rings is 2. The van der Waals surface area contributed by atoms with Crippen molar-refractivity contribution in [3.63, 3.8) is 0 Å². The van der Waals surface area contributed by atoms with E-state index in [1.165, 1.54) is 0 Å². The number of ether oxygens (including phenoxy) is 4. The van der Waals surface area contributed by atoms with Crippen LogP contribution in [-0.4, -0.2) is 55.1 Å². The van der Waals surface area contributed by atoms with Gasteiger partial charge in [0.1, 0.15) is 0 Å². The molecule has 0 unspecified atom stereocenters. The van der Waals surface area contributed by atoms with Crippen molar-refractivity contribution in [1.82, 2.24) is 10.2 Å². The fraction of sp³-hybridized carbons (Fsp3) is 0.417. The van der Waals surface area contributed by atoms with E-state index >= 15 is 0 Å². The number of nitrogens with one attached hydrogen (secondary N) is 1. The standard InChI is InChI=1S/C24H26N2O7/c1-2-7-25-21(27)11-26-10-16(14-3-5-17-19(8-14)32-12-30-17)22(24(28)29)23(26)15-4-6-18-20(9-15)33-13-31-18/h3-6,8-9,16,22-23H,2,7,10-13H2,1H3,(H,25,27)(H,28,29)/t16-,22+,23-/m1/s1. The average molecular weight is 454 g/mol. The Morgan fingerprint density at radius 1 is 0.970 bits per heavy atom. The van der Waals surface area contributed by atoms with Crippen LogP contribution in [0.4, 0.5) is 0 Å².